The second-order valence-electron chi connectivity index (χ2n) is 4.99. The molecular formula is C14H20ClN5O. The Balaban J connectivity index is 2.22. The number of rotatable bonds is 5. The van der Waals surface area contributed by atoms with Crippen LogP contribution in [0.4, 0.5) is 5.82 Å². The fraction of sp³-hybridized carbons (Fsp3) is 0.429. The number of ether oxygens (including phenoxy) is 1. The lowest BCUT2D eigenvalue weighted by atomic mass is 10.1. The number of hydrazine groups is 1. The van der Waals surface area contributed by atoms with Gasteiger partial charge in [-0.1, -0.05) is 18.2 Å². The minimum Gasteiger partial charge on any atom is -0.444 e. The number of likely N-dealkylation sites (N-methyl/N-ethyl adjacent to an activating group) is 1. The quantitative estimate of drug-likeness (QED) is 0.494. The van der Waals surface area contributed by atoms with Crippen LogP contribution in [-0.2, 0) is 4.74 Å². The number of halogens is 1. The monoisotopic (exact) mass is 309 g/mol. The van der Waals surface area contributed by atoms with E-state index in [0.29, 0.717) is 28.2 Å². The van der Waals surface area contributed by atoms with Gasteiger partial charge in [0.15, 0.2) is 11.7 Å². The minimum absolute atomic E-state index is 0.0766. The molecule has 6 nitrogen and oxygen atoms in total. The molecule has 2 rings (SSSR count). The fourth-order valence-corrected chi connectivity index (χ4v) is 2.31. The molecule has 2 N–H and O–H groups in total. The number of hydrogen-bond acceptors (Lipinski definition) is 6. The molecule has 0 atom stereocenters. The molecule has 7 heteroatoms. The van der Waals surface area contributed by atoms with Crippen molar-refractivity contribution in [1.82, 2.24) is 15.3 Å². The van der Waals surface area contributed by atoms with E-state index >= 15 is 0 Å². The van der Waals surface area contributed by atoms with E-state index in [1.54, 1.807) is 19.2 Å². The van der Waals surface area contributed by atoms with Crippen LogP contribution in [0.15, 0.2) is 18.8 Å². The van der Waals surface area contributed by atoms with Crippen LogP contribution in [0.1, 0.15) is 12.5 Å². The molecule has 2 heterocycles. The van der Waals surface area contributed by atoms with Gasteiger partial charge >= 0.3 is 0 Å². The molecule has 0 bridgehead atoms. The first-order chi connectivity index (χ1) is 9.92. The van der Waals surface area contributed by atoms with E-state index in [4.69, 9.17) is 21.7 Å². The van der Waals surface area contributed by atoms with Crippen molar-refractivity contribution >= 4 is 29.1 Å². The van der Waals surface area contributed by atoms with Crippen molar-refractivity contribution in [2.75, 3.05) is 32.2 Å². The van der Waals surface area contributed by atoms with Gasteiger partial charge in [-0.3, -0.25) is 10.4 Å². The predicted octanol–water partition coefficient (Wildman–Crippen LogP) is 1.97. The number of hydrogen-bond donors (Lipinski definition) is 2. The molecule has 1 aromatic heterocycles. The largest absolute Gasteiger partial charge is 0.444 e. The zero-order valence-electron chi connectivity index (χ0n) is 12.5. The van der Waals surface area contributed by atoms with E-state index in [0.717, 1.165) is 13.1 Å². The normalized spacial score (nSPS) is 15.4. The molecule has 1 aliphatic heterocycles. The van der Waals surface area contributed by atoms with Crippen molar-refractivity contribution in [2.24, 2.45) is 0 Å². The molecule has 0 spiro atoms. The Bertz CT molecular complexity index is 556. The predicted molar refractivity (Wildman–Crippen MR) is 85.6 cm³/mol. The third-order valence-corrected chi connectivity index (χ3v) is 3.62. The average molecular weight is 310 g/mol. The molecule has 114 valence electrons. The van der Waals surface area contributed by atoms with Crippen LogP contribution < -0.4 is 10.3 Å². The Morgan fingerprint density at radius 3 is 2.86 bits per heavy atom. The third-order valence-electron chi connectivity index (χ3n) is 3.41. The zero-order chi connectivity index (χ0) is 15.6. The molecular weight excluding hydrogens is 290 g/mol. The Morgan fingerprint density at radius 1 is 1.62 bits per heavy atom. The Labute approximate surface area is 129 Å². The number of nitrogens with zero attached hydrogens (tertiary/aromatic N) is 3. The molecule has 1 fully saturated rings. The van der Waals surface area contributed by atoms with Crippen molar-refractivity contribution < 1.29 is 4.74 Å². The van der Waals surface area contributed by atoms with Gasteiger partial charge in [-0.25, -0.2) is 9.99 Å². The van der Waals surface area contributed by atoms with Crippen LogP contribution in [0, 0.1) is 5.41 Å². The van der Waals surface area contributed by atoms with Gasteiger partial charge in [-0.05, 0) is 13.1 Å². The van der Waals surface area contributed by atoms with Crippen LogP contribution in [0.5, 0.6) is 0 Å². The van der Waals surface area contributed by atoms with Crippen molar-refractivity contribution in [3.63, 3.8) is 0 Å². The summed E-state index contributed by atoms with van der Waals surface area (Å²) in [6.45, 7) is 7.24. The maximum Gasteiger partial charge on any atom is 0.184 e. The highest BCUT2D eigenvalue weighted by atomic mass is 35.5. The summed E-state index contributed by atoms with van der Waals surface area (Å²) >= 11 is 6.02. The van der Waals surface area contributed by atoms with Crippen molar-refractivity contribution in [2.45, 2.75) is 13.0 Å². The SMILES string of the molecule is C=C(OC(C)=N)c1cc(Cl)cnc1N(C)N1CC(NC)C1. The molecule has 1 saturated heterocycles. The van der Waals surface area contributed by atoms with E-state index in [9.17, 15) is 0 Å². The summed E-state index contributed by atoms with van der Waals surface area (Å²) in [6.07, 6.45) is 1.59. The molecule has 0 amide bonds. The van der Waals surface area contributed by atoms with Gasteiger partial charge < -0.3 is 10.1 Å². The summed E-state index contributed by atoms with van der Waals surface area (Å²) in [5, 5.41) is 15.3. The molecule has 0 unspecified atom stereocenters. The van der Waals surface area contributed by atoms with Crippen molar-refractivity contribution in [3.8, 4) is 0 Å². The first kappa shape index (κ1) is 15.8. The lowest BCUT2D eigenvalue weighted by Crippen LogP contribution is -2.62. The standard InChI is InChI=1S/C14H20ClN5O/c1-9(21-10(2)16)13-5-11(15)6-18-14(13)19(4)20-7-12(8-20)17-3/h5-6,12,16-17H,1,7-8H2,2-4H3. The second kappa shape index (κ2) is 6.43. The molecule has 21 heavy (non-hydrogen) atoms. The van der Waals surface area contributed by atoms with Crippen LogP contribution in [0.3, 0.4) is 0 Å². The van der Waals surface area contributed by atoms with Crippen LogP contribution in [-0.4, -0.2) is 49.1 Å². The van der Waals surface area contributed by atoms with Gasteiger partial charge in [0.1, 0.15) is 5.76 Å². The van der Waals surface area contributed by atoms with E-state index in [1.807, 2.05) is 19.1 Å². The van der Waals surface area contributed by atoms with Crippen LogP contribution in [0.2, 0.25) is 5.02 Å². The summed E-state index contributed by atoms with van der Waals surface area (Å²) in [4.78, 5) is 4.38. The average Bonchev–Trinajstić information content (AvgIpc) is 2.36. The van der Waals surface area contributed by atoms with Gasteiger partial charge in [0.2, 0.25) is 0 Å². The van der Waals surface area contributed by atoms with Crippen molar-refractivity contribution in [3.05, 3.63) is 29.4 Å². The lowest BCUT2D eigenvalue weighted by Gasteiger charge is -2.45. The molecule has 0 radical (unpaired) electrons. The second-order valence-corrected chi connectivity index (χ2v) is 5.42. The molecule has 1 aromatic rings. The first-order valence-corrected chi connectivity index (χ1v) is 7.04. The van der Waals surface area contributed by atoms with E-state index in [2.05, 4.69) is 21.9 Å². The zero-order valence-corrected chi connectivity index (χ0v) is 13.2. The molecule has 1 aliphatic rings. The van der Waals surface area contributed by atoms with Gasteiger partial charge in [-0.15, -0.1) is 0 Å². The highest BCUT2D eigenvalue weighted by molar-refractivity contribution is 6.30. The summed E-state index contributed by atoms with van der Waals surface area (Å²) in [7, 11) is 3.90. The molecule has 0 aliphatic carbocycles. The molecule has 0 saturated carbocycles. The maximum absolute atomic E-state index is 7.42. The number of pyridine rings is 1. The Morgan fingerprint density at radius 2 is 2.29 bits per heavy atom. The topological polar surface area (TPSA) is 64.5 Å². The van der Waals surface area contributed by atoms with E-state index in [-0.39, 0.29) is 5.90 Å². The number of aromatic nitrogens is 1. The molecule has 0 aromatic carbocycles. The van der Waals surface area contributed by atoms with Crippen LogP contribution in [0.25, 0.3) is 5.76 Å². The maximum atomic E-state index is 7.42. The van der Waals surface area contributed by atoms with Crippen molar-refractivity contribution in [1.29, 1.82) is 5.41 Å². The highest BCUT2D eigenvalue weighted by Gasteiger charge is 2.30. The van der Waals surface area contributed by atoms with Gasteiger partial charge in [0.05, 0.1) is 10.6 Å². The van der Waals surface area contributed by atoms with Gasteiger partial charge in [0.25, 0.3) is 0 Å². The van der Waals surface area contributed by atoms with Gasteiger partial charge in [-0.2, -0.15) is 0 Å². The third kappa shape index (κ3) is 3.53. The summed E-state index contributed by atoms with van der Waals surface area (Å²) in [5.74, 6) is 1.15. The highest BCUT2D eigenvalue weighted by Crippen LogP contribution is 2.29. The minimum atomic E-state index is 0.0766. The summed E-state index contributed by atoms with van der Waals surface area (Å²) < 4.78 is 5.29. The van der Waals surface area contributed by atoms with E-state index in [1.165, 1.54) is 0 Å². The summed E-state index contributed by atoms with van der Waals surface area (Å²) in [6, 6.07) is 2.24. The number of nitrogens with one attached hydrogen (secondary N) is 2. The Kier molecular flexibility index (Phi) is 4.82. The first-order valence-electron chi connectivity index (χ1n) is 6.66. The smallest absolute Gasteiger partial charge is 0.184 e. The number of anilines is 1. The van der Waals surface area contributed by atoms with Crippen LogP contribution >= 0.6 is 11.6 Å². The lowest BCUT2D eigenvalue weighted by molar-refractivity contribution is 0.123. The summed E-state index contributed by atoms with van der Waals surface area (Å²) in [5.41, 5.74) is 0.685. The van der Waals surface area contributed by atoms with E-state index < -0.39 is 0 Å². The van der Waals surface area contributed by atoms with Gasteiger partial charge in [0, 0.05) is 39.3 Å². The Hall–Kier alpha value is -1.63. The fourth-order valence-electron chi connectivity index (χ4n) is 2.15.